The highest BCUT2D eigenvalue weighted by Gasteiger charge is 1.94. The minimum absolute atomic E-state index is 0.486. The van der Waals surface area contributed by atoms with Gasteiger partial charge in [0.2, 0.25) is 0 Å². The van der Waals surface area contributed by atoms with Gasteiger partial charge in [-0.2, -0.15) is 4.39 Å². The van der Waals surface area contributed by atoms with E-state index in [1.807, 2.05) is 0 Å². The summed E-state index contributed by atoms with van der Waals surface area (Å²) < 4.78 is 16.2. The van der Waals surface area contributed by atoms with Crippen molar-refractivity contribution >= 4 is 0 Å². The zero-order chi connectivity index (χ0) is 5.28. The van der Waals surface area contributed by atoms with E-state index in [0.717, 1.165) is 0 Å². The molecule has 0 bridgehead atoms. The molecule has 0 atom stereocenters. The fraction of sp³-hybridized carbons (Fsp3) is 0.200. The van der Waals surface area contributed by atoms with Gasteiger partial charge in [-0.25, -0.2) is 0 Å². The molecule has 0 unspecified atom stereocenters. The van der Waals surface area contributed by atoms with Gasteiger partial charge in [0.1, 0.15) is 0 Å². The van der Waals surface area contributed by atoms with Crippen LogP contribution in [0, 0.1) is 12.9 Å². The molecule has 0 aliphatic heterocycles. The lowest BCUT2D eigenvalue weighted by Gasteiger charge is -1.73. The fourth-order valence-electron chi connectivity index (χ4n) is 0.354. The summed E-state index contributed by atoms with van der Waals surface area (Å²) in [5, 5.41) is 0. The highest BCUT2D eigenvalue weighted by Crippen LogP contribution is 2.03. The first kappa shape index (κ1) is 4.37. The first-order valence-electron chi connectivity index (χ1n) is 2.00. The van der Waals surface area contributed by atoms with Gasteiger partial charge < -0.3 is 4.42 Å². The van der Waals surface area contributed by atoms with Crippen molar-refractivity contribution in [3.8, 4) is 0 Å². The molecule has 7 heavy (non-hydrogen) atoms. The minimum Gasteiger partial charge on any atom is -0.439 e. The molecule has 38 valence electrons. The SMILES string of the molecule is Cc1ccoc1F. The highest BCUT2D eigenvalue weighted by atomic mass is 19.1. The van der Waals surface area contributed by atoms with E-state index in [9.17, 15) is 4.39 Å². The summed E-state index contributed by atoms with van der Waals surface area (Å²) >= 11 is 0. The number of hydrogen-bond acceptors (Lipinski definition) is 1. The van der Waals surface area contributed by atoms with Gasteiger partial charge in [-0.1, -0.05) is 0 Å². The average molecular weight is 100 g/mol. The van der Waals surface area contributed by atoms with Gasteiger partial charge in [0.15, 0.2) is 0 Å². The number of hydrogen-bond donors (Lipinski definition) is 0. The van der Waals surface area contributed by atoms with Crippen molar-refractivity contribution in [3.05, 3.63) is 23.9 Å². The molecule has 0 saturated heterocycles. The largest absolute Gasteiger partial charge is 0.439 e. The van der Waals surface area contributed by atoms with Gasteiger partial charge in [-0.3, -0.25) is 0 Å². The molecule has 0 fully saturated rings. The highest BCUT2D eigenvalue weighted by molar-refractivity contribution is 5.03. The van der Waals surface area contributed by atoms with Crippen LogP contribution in [-0.4, -0.2) is 0 Å². The van der Waals surface area contributed by atoms with E-state index in [0.29, 0.717) is 5.56 Å². The van der Waals surface area contributed by atoms with Gasteiger partial charge in [0, 0.05) is 5.56 Å². The molecule has 1 heterocycles. The third-order valence-corrected chi connectivity index (χ3v) is 0.800. The van der Waals surface area contributed by atoms with Gasteiger partial charge >= 0.3 is 0 Å². The molecule has 0 spiro atoms. The second-order valence-electron chi connectivity index (χ2n) is 1.38. The number of aryl methyl sites for hydroxylation is 1. The molecule has 0 amide bonds. The predicted molar refractivity (Wildman–Crippen MR) is 23.4 cm³/mol. The van der Waals surface area contributed by atoms with Crippen molar-refractivity contribution in [1.82, 2.24) is 0 Å². The second-order valence-corrected chi connectivity index (χ2v) is 1.38. The van der Waals surface area contributed by atoms with Crippen molar-refractivity contribution in [2.24, 2.45) is 0 Å². The Hall–Kier alpha value is -0.790. The van der Waals surface area contributed by atoms with Crippen molar-refractivity contribution in [1.29, 1.82) is 0 Å². The van der Waals surface area contributed by atoms with E-state index in [1.165, 1.54) is 6.26 Å². The molecule has 0 aromatic carbocycles. The maximum atomic E-state index is 11.9. The summed E-state index contributed by atoms with van der Waals surface area (Å²) in [6.07, 6.45) is 1.32. The Morgan fingerprint density at radius 1 is 1.71 bits per heavy atom. The Balaban J connectivity index is 3.12. The smallest absolute Gasteiger partial charge is 0.280 e. The summed E-state index contributed by atoms with van der Waals surface area (Å²) in [6.45, 7) is 1.65. The zero-order valence-electron chi connectivity index (χ0n) is 3.94. The van der Waals surface area contributed by atoms with Crippen LogP contribution in [0.5, 0.6) is 0 Å². The van der Waals surface area contributed by atoms with Crippen LogP contribution in [-0.2, 0) is 0 Å². The van der Waals surface area contributed by atoms with Crippen LogP contribution in [0.2, 0.25) is 0 Å². The maximum Gasteiger partial charge on any atom is 0.280 e. The molecule has 1 nitrogen and oxygen atoms in total. The standard InChI is InChI=1S/C5H5FO/c1-4-2-3-7-5(4)6/h2-3H,1H3. The monoisotopic (exact) mass is 100 g/mol. The lowest BCUT2D eigenvalue weighted by Crippen LogP contribution is -1.65. The van der Waals surface area contributed by atoms with E-state index < -0.39 is 6.01 Å². The first-order valence-corrected chi connectivity index (χ1v) is 2.00. The zero-order valence-corrected chi connectivity index (χ0v) is 3.94. The first-order chi connectivity index (χ1) is 3.30. The summed E-state index contributed by atoms with van der Waals surface area (Å²) in [5.74, 6) is 0. The lowest BCUT2D eigenvalue weighted by atomic mass is 10.4. The Morgan fingerprint density at radius 3 is 2.57 bits per heavy atom. The van der Waals surface area contributed by atoms with E-state index in [-0.39, 0.29) is 0 Å². The van der Waals surface area contributed by atoms with Gasteiger partial charge in [0.05, 0.1) is 6.26 Å². The molecular weight excluding hydrogens is 95.1 g/mol. The summed E-state index contributed by atoms with van der Waals surface area (Å²) in [4.78, 5) is 0. The number of furan rings is 1. The minimum atomic E-state index is -0.486. The molecule has 0 aliphatic carbocycles. The molecule has 1 aromatic rings. The van der Waals surface area contributed by atoms with Gasteiger partial charge in [-0.05, 0) is 13.0 Å². The number of halogens is 1. The molecular formula is C5H5FO. The molecule has 0 saturated carbocycles. The Bertz CT molecular complexity index is 140. The average Bonchev–Trinajstić information content (AvgIpc) is 1.91. The quantitative estimate of drug-likeness (QED) is 0.483. The summed E-state index contributed by atoms with van der Waals surface area (Å²) in [5.41, 5.74) is 0.556. The Kier molecular flexibility index (Phi) is 0.855. The van der Waals surface area contributed by atoms with Crippen LogP contribution < -0.4 is 0 Å². The van der Waals surface area contributed by atoms with E-state index in [2.05, 4.69) is 4.42 Å². The van der Waals surface area contributed by atoms with Crippen LogP contribution in [0.25, 0.3) is 0 Å². The maximum absolute atomic E-state index is 11.9. The van der Waals surface area contributed by atoms with Crippen molar-refractivity contribution < 1.29 is 8.81 Å². The van der Waals surface area contributed by atoms with Crippen LogP contribution in [0.4, 0.5) is 4.39 Å². The molecule has 0 aliphatic rings. The van der Waals surface area contributed by atoms with Crippen LogP contribution >= 0.6 is 0 Å². The summed E-state index contributed by atoms with van der Waals surface area (Å²) in [7, 11) is 0. The van der Waals surface area contributed by atoms with Crippen LogP contribution in [0.1, 0.15) is 5.56 Å². The van der Waals surface area contributed by atoms with E-state index >= 15 is 0 Å². The Labute approximate surface area is 40.8 Å². The second kappa shape index (κ2) is 1.37. The van der Waals surface area contributed by atoms with Crippen LogP contribution in [0.3, 0.4) is 0 Å². The van der Waals surface area contributed by atoms with E-state index in [4.69, 9.17) is 0 Å². The molecule has 1 rings (SSSR count). The molecule has 2 heteroatoms. The topological polar surface area (TPSA) is 13.1 Å². The summed E-state index contributed by atoms with van der Waals surface area (Å²) in [6, 6.07) is 1.09. The third kappa shape index (κ3) is 0.633. The molecule has 0 radical (unpaired) electrons. The normalized spacial score (nSPS) is 9.43. The van der Waals surface area contributed by atoms with Crippen molar-refractivity contribution in [2.45, 2.75) is 6.92 Å². The van der Waals surface area contributed by atoms with E-state index in [1.54, 1.807) is 13.0 Å². The van der Waals surface area contributed by atoms with Gasteiger partial charge in [-0.15, -0.1) is 0 Å². The van der Waals surface area contributed by atoms with Crippen molar-refractivity contribution in [2.75, 3.05) is 0 Å². The van der Waals surface area contributed by atoms with Gasteiger partial charge in [0.25, 0.3) is 6.01 Å². The predicted octanol–water partition coefficient (Wildman–Crippen LogP) is 1.73. The molecule has 1 aromatic heterocycles. The lowest BCUT2D eigenvalue weighted by molar-refractivity contribution is 0.355. The van der Waals surface area contributed by atoms with Crippen molar-refractivity contribution in [3.63, 3.8) is 0 Å². The third-order valence-electron chi connectivity index (χ3n) is 0.800. The number of rotatable bonds is 0. The van der Waals surface area contributed by atoms with Crippen LogP contribution in [0.15, 0.2) is 16.7 Å². The fourth-order valence-corrected chi connectivity index (χ4v) is 0.354. The Morgan fingerprint density at radius 2 is 2.43 bits per heavy atom. The molecule has 0 N–H and O–H groups in total.